The number of carbonyl (C=O) groups is 2. The third-order valence-corrected chi connectivity index (χ3v) is 3.00. The van der Waals surface area contributed by atoms with Crippen molar-refractivity contribution < 1.29 is 14.7 Å². The minimum Gasteiger partial charge on any atom is -0.481 e. The lowest BCUT2D eigenvalue weighted by Gasteiger charge is -2.15. The van der Waals surface area contributed by atoms with E-state index in [4.69, 9.17) is 5.11 Å². The number of hydrogen-bond acceptors (Lipinski definition) is 3. The van der Waals surface area contributed by atoms with Crippen molar-refractivity contribution >= 4 is 27.8 Å². The predicted molar refractivity (Wildman–Crippen MR) is 74.9 cm³/mol. The number of nitrogens with one attached hydrogen (secondary N) is 1. The topological polar surface area (TPSA) is 79.3 Å². The number of nitrogens with zero attached hydrogens (tertiary/aromatic N) is 1. The molecule has 0 saturated carbocycles. The summed E-state index contributed by atoms with van der Waals surface area (Å²) in [5, 5.41) is 11.7. The molecule has 5 nitrogen and oxygen atoms in total. The highest BCUT2D eigenvalue weighted by Crippen LogP contribution is 2.11. The summed E-state index contributed by atoms with van der Waals surface area (Å²) < 4.78 is 0.567. The van der Waals surface area contributed by atoms with Gasteiger partial charge in [0.15, 0.2) is 0 Å². The lowest BCUT2D eigenvalue weighted by atomic mass is 9.97. The van der Waals surface area contributed by atoms with Gasteiger partial charge in [-0.05, 0) is 40.4 Å². The Morgan fingerprint density at radius 3 is 2.63 bits per heavy atom. The molecular formula is C13H17BrN2O3. The second-order valence-corrected chi connectivity index (χ2v) is 5.53. The molecule has 1 atom stereocenters. The molecular weight excluding hydrogens is 312 g/mol. The van der Waals surface area contributed by atoms with Crippen LogP contribution in [-0.4, -0.2) is 28.5 Å². The molecule has 0 bridgehead atoms. The molecule has 1 heterocycles. The second kappa shape index (κ2) is 7.23. The van der Waals surface area contributed by atoms with Crippen LogP contribution in [0, 0.1) is 11.8 Å². The van der Waals surface area contributed by atoms with Crippen LogP contribution in [0.25, 0.3) is 0 Å². The Bertz CT molecular complexity index is 463. The predicted octanol–water partition coefficient (Wildman–Crippen LogP) is 2.32. The standard InChI is InChI=1S/C13H17BrN2O3/c1-8(2)6-9(13(18)19)7-15-12(17)10-4-3-5-11(14)16-10/h3-5,8-9H,6-7H2,1-2H3,(H,15,17)(H,18,19). The molecule has 19 heavy (non-hydrogen) atoms. The number of carboxylic acid groups (broad SMARTS) is 1. The van der Waals surface area contributed by atoms with Gasteiger partial charge in [0.2, 0.25) is 0 Å². The minimum absolute atomic E-state index is 0.112. The van der Waals surface area contributed by atoms with Crippen LogP contribution in [0.4, 0.5) is 0 Å². The summed E-state index contributed by atoms with van der Waals surface area (Å²) in [6.45, 7) is 4.02. The van der Waals surface area contributed by atoms with E-state index < -0.39 is 11.9 Å². The molecule has 0 aromatic carbocycles. The molecule has 0 aliphatic heterocycles. The van der Waals surface area contributed by atoms with Crippen molar-refractivity contribution in [2.45, 2.75) is 20.3 Å². The fourth-order valence-electron chi connectivity index (χ4n) is 1.68. The van der Waals surface area contributed by atoms with Crippen molar-refractivity contribution in [3.8, 4) is 0 Å². The average molecular weight is 329 g/mol. The highest BCUT2D eigenvalue weighted by molar-refractivity contribution is 9.10. The van der Waals surface area contributed by atoms with E-state index in [-0.39, 0.29) is 24.1 Å². The normalized spacial score (nSPS) is 12.2. The van der Waals surface area contributed by atoms with E-state index in [1.807, 2.05) is 13.8 Å². The third kappa shape index (κ3) is 5.38. The van der Waals surface area contributed by atoms with Gasteiger partial charge < -0.3 is 10.4 Å². The highest BCUT2D eigenvalue weighted by Gasteiger charge is 2.20. The zero-order valence-electron chi connectivity index (χ0n) is 10.9. The number of amides is 1. The van der Waals surface area contributed by atoms with Crippen molar-refractivity contribution in [1.29, 1.82) is 0 Å². The first kappa shape index (κ1) is 15.6. The first-order chi connectivity index (χ1) is 8.90. The Morgan fingerprint density at radius 2 is 2.11 bits per heavy atom. The molecule has 6 heteroatoms. The lowest BCUT2D eigenvalue weighted by molar-refractivity contribution is -0.142. The van der Waals surface area contributed by atoms with Crippen molar-refractivity contribution in [1.82, 2.24) is 10.3 Å². The summed E-state index contributed by atoms with van der Waals surface area (Å²) in [6.07, 6.45) is 0.529. The van der Waals surface area contributed by atoms with E-state index in [0.29, 0.717) is 11.0 Å². The van der Waals surface area contributed by atoms with Crippen LogP contribution in [0.5, 0.6) is 0 Å². The number of halogens is 1. The number of aromatic nitrogens is 1. The summed E-state index contributed by atoms with van der Waals surface area (Å²) in [4.78, 5) is 26.9. The SMILES string of the molecule is CC(C)CC(CNC(=O)c1cccc(Br)n1)C(=O)O. The summed E-state index contributed by atoms with van der Waals surface area (Å²) in [6, 6.07) is 5.00. The van der Waals surface area contributed by atoms with Crippen LogP contribution < -0.4 is 5.32 Å². The van der Waals surface area contributed by atoms with Crippen LogP contribution in [0.1, 0.15) is 30.8 Å². The molecule has 104 valence electrons. The van der Waals surface area contributed by atoms with Gasteiger partial charge in [-0.2, -0.15) is 0 Å². The number of pyridine rings is 1. The second-order valence-electron chi connectivity index (χ2n) is 4.72. The summed E-state index contributed by atoms with van der Waals surface area (Å²) >= 11 is 3.18. The summed E-state index contributed by atoms with van der Waals surface area (Å²) in [7, 11) is 0. The summed E-state index contributed by atoms with van der Waals surface area (Å²) in [5.74, 6) is -1.56. The van der Waals surface area contributed by atoms with E-state index in [9.17, 15) is 9.59 Å². The summed E-state index contributed by atoms with van der Waals surface area (Å²) in [5.41, 5.74) is 0.267. The van der Waals surface area contributed by atoms with Gasteiger partial charge in [0.05, 0.1) is 5.92 Å². The van der Waals surface area contributed by atoms with Gasteiger partial charge in [-0.3, -0.25) is 9.59 Å². The minimum atomic E-state index is -0.892. The molecule has 1 aromatic rings. The Kier molecular flexibility index (Phi) is 5.95. The first-order valence-corrected chi connectivity index (χ1v) is 6.83. The molecule has 1 unspecified atom stereocenters. The molecule has 1 rings (SSSR count). The van der Waals surface area contributed by atoms with E-state index >= 15 is 0 Å². The zero-order chi connectivity index (χ0) is 14.4. The lowest BCUT2D eigenvalue weighted by Crippen LogP contribution is -2.34. The number of carboxylic acids is 1. The van der Waals surface area contributed by atoms with E-state index in [2.05, 4.69) is 26.2 Å². The molecule has 0 radical (unpaired) electrons. The maximum absolute atomic E-state index is 11.8. The number of rotatable bonds is 6. The van der Waals surface area contributed by atoms with Crippen LogP contribution in [0.3, 0.4) is 0 Å². The van der Waals surface area contributed by atoms with Crippen LogP contribution in [-0.2, 0) is 4.79 Å². The average Bonchev–Trinajstić information content (AvgIpc) is 2.33. The van der Waals surface area contributed by atoms with E-state index in [1.165, 1.54) is 0 Å². The molecule has 1 amide bonds. The van der Waals surface area contributed by atoms with Gasteiger partial charge in [0, 0.05) is 6.54 Å². The van der Waals surface area contributed by atoms with Gasteiger partial charge in [0.1, 0.15) is 10.3 Å². The fourth-order valence-corrected chi connectivity index (χ4v) is 2.03. The van der Waals surface area contributed by atoms with Gasteiger partial charge >= 0.3 is 5.97 Å². The molecule has 0 aliphatic carbocycles. The van der Waals surface area contributed by atoms with Gasteiger partial charge in [0.25, 0.3) is 5.91 Å². The molecule has 0 aliphatic rings. The van der Waals surface area contributed by atoms with E-state index in [1.54, 1.807) is 18.2 Å². The maximum atomic E-state index is 11.8. The van der Waals surface area contributed by atoms with Crippen LogP contribution in [0.2, 0.25) is 0 Å². The Hall–Kier alpha value is -1.43. The van der Waals surface area contributed by atoms with Gasteiger partial charge in [-0.15, -0.1) is 0 Å². The van der Waals surface area contributed by atoms with Crippen molar-refractivity contribution in [3.63, 3.8) is 0 Å². The molecule has 2 N–H and O–H groups in total. The molecule has 0 spiro atoms. The number of carbonyl (C=O) groups excluding carboxylic acids is 1. The maximum Gasteiger partial charge on any atom is 0.308 e. The Labute approximate surface area is 120 Å². The molecule has 1 aromatic heterocycles. The third-order valence-electron chi connectivity index (χ3n) is 2.56. The zero-order valence-corrected chi connectivity index (χ0v) is 12.5. The molecule has 0 fully saturated rings. The van der Waals surface area contributed by atoms with Crippen LogP contribution >= 0.6 is 15.9 Å². The van der Waals surface area contributed by atoms with Gasteiger partial charge in [-0.1, -0.05) is 19.9 Å². The van der Waals surface area contributed by atoms with Crippen LogP contribution in [0.15, 0.2) is 22.8 Å². The quantitative estimate of drug-likeness (QED) is 0.785. The highest BCUT2D eigenvalue weighted by atomic mass is 79.9. The van der Waals surface area contributed by atoms with Crippen molar-refractivity contribution in [2.75, 3.05) is 6.54 Å². The monoisotopic (exact) mass is 328 g/mol. The largest absolute Gasteiger partial charge is 0.481 e. The fraction of sp³-hybridized carbons (Fsp3) is 0.462. The van der Waals surface area contributed by atoms with Gasteiger partial charge in [-0.25, -0.2) is 4.98 Å². The smallest absolute Gasteiger partial charge is 0.308 e. The number of aliphatic carboxylic acids is 1. The van der Waals surface area contributed by atoms with E-state index in [0.717, 1.165) is 0 Å². The Morgan fingerprint density at radius 1 is 1.42 bits per heavy atom. The van der Waals surface area contributed by atoms with Crippen molar-refractivity contribution in [3.05, 3.63) is 28.5 Å². The molecule has 0 saturated heterocycles. The first-order valence-electron chi connectivity index (χ1n) is 6.03. The Balaban J connectivity index is 2.59. The van der Waals surface area contributed by atoms with Crippen molar-refractivity contribution in [2.24, 2.45) is 11.8 Å². The number of hydrogen-bond donors (Lipinski definition) is 2.